The summed E-state index contributed by atoms with van der Waals surface area (Å²) in [5.41, 5.74) is 4.15. The zero-order valence-corrected chi connectivity index (χ0v) is 17.7. The zero-order chi connectivity index (χ0) is 18.6. The molecular formula is C20H16ClNOS3. The first kappa shape index (κ1) is 17.9. The summed E-state index contributed by atoms with van der Waals surface area (Å²) in [6, 6.07) is 13.4. The first-order chi connectivity index (χ1) is 12.3. The number of carbonyl (C=O) groups excluding carboxylic acids is 1. The molecule has 0 fully saturated rings. The van der Waals surface area contributed by atoms with Gasteiger partial charge in [0.05, 0.1) is 16.1 Å². The molecule has 0 aliphatic carbocycles. The van der Waals surface area contributed by atoms with Gasteiger partial charge >= 0.3 is 0 Å². The van der Waals surface area contributed by atoms with Gasteiger partial charge in [0.2, 0.25) is 0 Å². The molecule has 0 N–H and O–H groups in total. The van der Waals surface area contributed by atoms with Gasteiger partial charge in [-0.2, -0.15) is 0 Å². The van der Waals surface area contributed by atoms with Crippen molar-refractivity contribution in [1.82, 2.24) is 0 Å². The van der Waals surface area contributed by atoms with Crippen LogP contribution < -0.4 is 4.90 Å². The molecule has 1 amide bonds. The third-order valence-corrected chi connectivity index (χ3v) is 8.28. The summed E-state index contributed by atoms with van der Waals surface area (Å²) < 4.78 is 0.865. The fourth-order valence-electron chi connectivity index (χ4n) is 3.39. The average molecular weight is 418 g/mol. The third-order valence-electron chi connectivity index (χ3n) is 4.72. The monoisotopic (exact) mass is 417 g/mol. The highest BCUT2D eigenvalue weighted by molar-refractivity contribution is 7.80. The minimum Gasteiger partial charge on any atom is -0.297 e. The first-order valence-corrected chi connectivity index (χ1v) is 11.1. The molecule has 1 aliphatic rings. The second kappa shape index (κ2) is 6.27. The molecular weight excluding hydrogens is 402 g/mol. The first-order valence-electron chi connectivity index (χ1n) is 8.15. The van der Waals surface area contributed by atoms with E-state index in [0.29, 0.717) is 10.6 Å². The Morgan fingerprint density at radius 1 is 1.12 bits per heavy atom. The largest absolute Gasteiger partial charge is 0.297 e. The Balaban J connectivity index is 1.97. The van der Waals surface area contributed by atoms with Crippen molar-refractivity contribution in [3.63, 3.8) is 0 Å². The predicted octanol–water partition coefficient (Wildman–Crippen LogP) is 7.06. The summed E-state index contributed by atoms with van der Waals surface area (Å²) >= 11 is 11.9. The van der Waals surface area contributed by atoms with E-state index in [1.165, 1.54) is 0 Å². The molecule has 2 heterocycles. The smallest absolute Gasteiger partial charge is 0.259 e. The highest BCUT2D eigenvalue weighted by Crippen LogP contribution is 2.52. The van der Waals surface area contributed by atoms with Gasteiger partial charge in [-0.3, -0.25) is 9.69 Å². The molecule has 0 spiro atoms. The van der Waals surface area contributed by atoms with Crippen LogP contribution >= 0.6 is 44.5 Å². The van der Waals surface area contributed by atoms with E-state index in [1.807, 2.05) is 54.3 Å². The second-order valence-electron chi connectivity index (χ2n) is 6.89. The molecule has 0 radical (unpaired) electrons. The molecule has 0 atom stereocenters. The van der Waals surface area contributed by atoms with Crippen LogP contribution in [0.15, 0.2) is 42.5 Å². The molecule has 6 heteroatoms. The lowest BCUT2D eigenvalue weighted by molar-refractivity contribution is 0.0961. The molecule has 26 heavy (non-hydrogen) atoms. The molecule has 1 aromatic heterocycles. The Labute approximate surface area is 170 Å². The normalized spacial score (nSPS) is 14.7. The Kier molecular flexibility index (Phi) is 4.31. The number of rotatable bonds is 1. The van der Waals surface area contributed by atoms with Crippen LogP contribution in [0.25, 0.3) is 11.1 Å². The average Bonchev–Trinajstić information content (AvgIpc) is 2.98. The predicted molar refractivity (Wildman–Crippen MR) is 114 cm³/mol. The Morgan fingerprint density at radius 3 is 2.50 bits per heavy atom. The van der Waals surface area contributed by atoms with E-state index in [0.717, 1.165) is 31.1 Å². The van der Waals surface area contributed by atoms with Gasteiger partial charge in [0.25, 0.3) is 5.91 Å². The van der Waals surface area contributed by atoms with Crippen LogP contribution in [-0.2, 0) is 5.54 Å². The highest BCUT2D eigenvalue weighted by Gasteiger charge is 2.43. The van der Waals surface area contributed by atoms with E-state index in [1.54, 1.807) is 20.7 Å². The van der Waals surface area contributed by atoms with Crippen LogP contribution in [0.4, 0.5) is 5.69 Å². The lowest BCUT2D eigenvalue weighted by Gasteiger charge is -2.43. The molecule has 1 aliphatic heterocycles. The molecule has 0 bridgehead atoms. The van der Waals surface area contributed by atoms with E-state index in [-0.39, 0.29) is 5.91 Å². The van der Waals surface area contributed by atoms with Gasteiger partial charge in [-0.25, -0.2) is 0 Å². The molecule has 3 aromatic rings. The number of halogens is 1. The topological polar surface area (TPSA) is 20.3 Å². The second-order valence-corrected chi connectivity index (χ2v) is 10.1. The van der Waals surface area contributed by atoms with Crippen molar-refractivity contribution in [2.45, 2.75) is 26.3 Å². The van der Waals surface area contributed by atoms with Gasteiger partial charge in [0.15, 0.2) is 0 Å². The molecule has 132 valence electrons. The quantitative estimate of drug-likeness (QED) is 0.312. The summed E-state index contributed by atoms with van der Waals surface area (Å²) in [5, 5.41) is 0.606. The van der Waals surface area contributed by atoms with Crippen LogP contribution in [0, 0.1) is 10.7 Å². The van der Waals surface area contributed by atoms with Gasteiger partial charge in [0, 0.05) is 21.7 Å². The highest BCUT2D eigenvalue weighted by atomic mass is 35.5. The summed E-state index contributed by atoms with van der Waals surface area (Å²) in [7, 11) is 3.24. The van der Waals surface area contributed by atoms with Crippen LogP contribution in [0.5, 0.6) is 0 Å². The number of aryl methyl sites for hydroxylation is 1. The van der Waals surface area contributed by atoms with Crippen molar-refractivity contribution in [1.29, 1.82) is 0 Å². The number of fused-ring (bicyclic) bond motifs is 3. The Hall–Kier alpha value is -1.53. The van der Waals surface area contributed by atoms with Crippen molar-refractivity contribution in [3.05, 3.63) is 67.3 Å². The summed E-state index contributed by atoms with van der Waals surface area (Å²) in [4.78, 5) is 16.5. The van der Waals surface area contributed by atoms with Gasteiger partial charge in [0.1, 0.15) is 3.82 Å². The number of amides is 1. The number of nitrogens with zero attached hydrogens (tertiary/aromatic N) is 1. The summed E-state index contributed by atoms with van der Waals surface area (Å²) in [5.74, 6) is -0.0338. The van der Waals surface area contributed by atoms with Crippen molar-refractivity contribution in [3.8, 4) is 11.1 Å². The lowest BCUT2D eigenvalue weighted by atomic mass is 9.87. The summed E-state index contributed by atoms with van der Waals surface area (Å²) in [6.07, 6.45) is 0. The lowest BCUT2D eigenvalue weighted by Crippen LogP contribution is -2.47. The van der Waals surface area contributed by atoms with Gasteiger partial charge in [-0.05, 0) is 45.0 Å². The number of benzene rings is 2. The molecule has 0 saturated heterocycles. The van der Waals surface area contributed by atoms with E-state index in [2.05, 4.69) is 13.8 Å². The molecule has 4 rings (SSSR count). The van der Waals surface area contributed by atoms with E-state index in [9.17, 15) is 4.79 Å². The zero-order valence-electron chi connectivity index (χ0n) is 14.5. The third kappa shape index (κ3) is 2.65. The van der Waals surface area contributed by atoms with Crippen molar-refractivity contribution >= 4 is 56.1 Å². The minimum atomic E-state index is -0.507. The maximum absolute atomic E-state index is 13.5. The number of carbonyl (C=O) groups is 1. The standard InChI is InChI=1S/C20H16ClNOS3/c1-11-4-6-12(7-5-11)18(23)22-15-10-13(21)8-9-14(15)16-17(20(22,2)3)25-26-19(16)24/h4-10H,1-3H3. The van der Waals surface area contributed by atoms with E-state index < -0.39 is 5.54 Å². The summed E-state index contributed by atoms with van der Waals surface area (Å²) in [6.45, 7) is 6.15. The molecule has 0 saturated carbocycles. The number of hydrogen-bond acceptors (Lipinski definition) is 4. The van der Waals surface area contributed by atoms with Gasteiger partial charge < -0.3 is 0 Å². The maximum atomic E-state index is 13.5. The SMILES string of the molecule is Cc1ccc(C(=O)N2c3cc(Cl)ccc3-c3c(ssc3=S)C2(C)C)cc1. The Morgan fingerprint density at radius 2 is 1.81 bits per heavy atom. The van der Waals surface area contributed by atoms with Crippen molar-refractivity contribution in [2.24, 2.45) is 0 Å². The number of anilines is 1. The Bertz CT molecular complexity index is 1080. The van der Waals surface area contributed by atoms with Gasteiger partial charge in [-0.15, -0.1) is 0 Å². The van der Waals surface area contributed by atoms with E-state index >= 15 is 0 Å². The van der Waals surface area contributed by atoms with Crippen molar-refractivity contribution in [2.75, 3.05) is 4.90 Å². The van der Waals surface area contributed by atoms with Gasteiger partial charge in [-0.1, -0.05) is 68.3 Å². The van der Waals surface area contributed by atoms with Crippen LogP contribution in [0.1, 0.15) is 34.6 Å². The number of hydrogen-bond donors (Lipinski definition) is 0. The molecule has 0 unspecified atom stereocenters. The van der Waals surface area contributed by atoms with E-state index in [4.69, 9.17) is 23.8 Å². The minimum absolute atomic E-state index is 0.0338. The molecule has 2 nitrogen and oxygen atoms in total. The maximum Gasteiger partial charge on any atom is 0.259 e. The van der Waals surface area contributed by atoms with Crippen LogP contribution in [0.3, 0.4) is 0 Å². The van der Waals surface area contributed by atoms with Crippen LogP contribution in [-0.4, -0.2) is 5.91 Å². The molecule has 2 aromatic carbocycles. The van der Waals surface area contributed by atoms with Crippen LogP contribution in [0.2, 0.25) is 5.02 Å². The fraction of sp³-hybridized carbons (Fsp3) is 0.200. The van der Waals surface area contributed by atoms with Crippen molar-refractivity contribution < 1.29 is 4.79 Å². The fourth-order valence-corrected chi connectivity index (χ4v) is 6.84.